The maximum absolute atomic E-state index is 12.5. The smallest absolute Gasteiger partial charge is 0.261 e. The predicted molar refractivity (Wildman–Crippen MR) is 103 cm³/mol. The molecule has 0 N–H and O–H groups in total. The zero-order valence-corrected chi connectivity index (χ0v) is 15.0. The predicted octanol–water partition coefficient (Wildman–Crippen LogP) is 4.66. The van der Waals surface area contributed by atoms with Gasteiger partial charge in [-0.2, -0.15) is 0 Å². The summed E-state index contributed by atoms with van der Waals surface area (Å²) >= 11 is 0. The largest absolute Gasteiger partial charge is 0.274 e. The van der Waals surface area contributed by atoms with Gasteiger partial charge < -0.3 is 0 Å². The van der Waals surface area contributed by atoms with Crippen LogP contribution in [-0.4, -0.2) is 23.3 Å². The summed E-state index contributed by atoms with van der Waals surface area (Å²) in [5.41, 5.74) is 6.09. The van der Waals surface area contributed by atoms with Gasteiger partial charge in [-0.15, -0.1) is 0 Å². The first-order valence-corrected chi connectivity index (χ1v) is 9.41. The third kappa shape index (κ3) is 2.88. The Morgan fingerprint density at radius 3 is 2.31 bits per heavy atom. The molecule has 1 aliphatic carbocycles. The van der Waals surface area contributed by atoms with Crippen molar-refractivity contribution in [3.63, 3.8) is 0 Å². The molecule has 1 aliphatic heterocycles. The second-order valence-corrected chi connectivity index (χ2v) is 7.16. The van der Waals surface area contributed by atoms with Crippen LogP contribution in [0.4, 0.5) is 0 Å². The highest BCUT2D eigenvalue weighted by Gasteiger charge is 2.34. The van der Waals surface area contributed by atoms with Crippen LogP contribution >= 0.6 is 0 Å². The topological polar surface area (TPSA) is 37.4 Å². The highest BCUT2D eigenvalue weighted by molar-refractivity contribution is 6.21. The summed E-state index contributed by atoms with van der Waals surface area (Å²) in [6.07, 6.45) is 6.58. The maximum atomic E-state index is 12.5. The van der Waals surface area contributed by atoms with Crippen molar-refractivity contribution in [3.05, 3.63) is 76.9 Å². The van der Waals surface area contributed by atoms with Crippen LogP contribution in [0.2, 0.25) is 0 Å². The summed E-state index contributed by atoms with van der Waals surface area (Å²) < 4.78 is 0. The van der Waals surface area contributed by atoms with Gasteiger partial charge in [-0.3, -0.25) is 14.5 Å². The Morgan fingerprint density at radius 2 is 1.58 bits per heavy atom. The minimum absolute atomic E-state index is 0.190. The molecule has 0 unspecified atom stereocenters. The Balaban J connectivity index is 1.51. The van der Waals surface area contributed by atoms with Crippen LogP contribution in [0.15, 0.2) is 49.0 Å². The van der Waals surface area contributed by atoms with Crippen LogP contribution < -0.4 is 0 Å². The number of aryl methyl sites for hydroxylation is 1. The van der Waals surface area contributed by atoms with Gasteiger partial charge in [0.2, 0.25) is 0 Å². The van der Waals surface area contributed by atoms with Gasteiger partial charge in [-0.25, -0.2) is 0 Å². The van der Waals surface area contributed by atoms with Crippen molar-refractivity contribution in [1.29, 1.82) is 0 Å². The lowest BCUT2D eigenvalue weighted by atomic mass is 9.92. The van der Waals surface area contributed by atoms with E-state index < -0.39 is 0 Å². The van der Waals surface area contributed by atoms with E-state index in [-0.39, 0.29) is 11.8 Å². The number of hydrogen-bond donors (Lipinski definition) is 0. The van der Waals surface area contributed by atoms with E-state index in [4.69, 9.17) is 0 Å². The molecule has 4 rings (SSSR count). The molecule has 0 fully saturated rings. The average Bonchev–Trinajstić information content (AvgIpc) is 2.83. The van der Waals surface area contributed by atoms with Crippen molar-refractivity contribution in [2.75, 3.05) is 6.54 Å². The van der Waals surface area contributed by atoms with Gasteiger partial charge in [0.1, 0.15) is 0 Å². The average molecular weight is 345 g/mol. The van der Waals surface area contributed by atoms with Crippen LogP contribution in [-0.2, 0) is 12.8 Å². The lowest BCUT2D eigenvalue weighted by Crippen LogP contribution is -2.30. The van der Waals surface area contributed by atoms with Crippen molar-refractivity contribution in [2.24, 2.45) is 0 Å². The Kier molecular flexibility index (Phi) is 4.46. The number of nitrogens with zero attached hydrogens (tertiary/aromatic N) is 1. The highest BCUT2D eigenvalue weighted by Crippen LogP contribution is 2.30. The Bertz CT molecular complexity index is 862. The summed E-state index contributed by atoms with van der Waals surface area (Å²) in [6, 6.07) is 13.5. The molecule has 1 heterocycles. The van der Waals surface area contributed by atoms with Crippen LogP contribution in [0.1, 0.15) is 63.1 Å². The summed E-state index contributed by atoms with van der Waals surface area (Å²) in [5.74, 6) is -0.379. The van der Waals surface area contributed by atoms with Gasteiger partial charge in [0, 0.05) is 6.54 Å². The minimum atomic E-state index is -0.190. The highest BCUT2D eigenvalue weighted by atomic mass is 16.2. The van der Waals surface area contributed by atoms with Crippen molar-refractivity contribution >= 4 is 17.4 Å². The minimum Gasteiger partial charge on any atom is -0.274 e. The Labute approximate surface area is 154 Å². The number of hydrogen-bond acceptors (Lipinski definition) is 2. The van der Waals surface area contributed by atoms with E-state index >= 15 is 0 Å². The normalized spacial score (nSPS) is 16.2. The molecule has 0 atom stereocenters. The number of carbonyl (C=O) groups excluding carboxylic acids is 2. The van der Waals surface area contributed by atoms with Gasteiger partial charge in [-0.1, -0.05) is 43.3 Å². The van der Waals surface area contributed by atoms with E-state index in [2.05, 4.69) is 24.8 Å². The second kappa shape index (κ2) is 6.91. The molecule has 3 heteroatoms. The summed E-state index contributed by atoms with van der Waals surface area (Å²) in [6.45, 7) is 4.66. The molecule has 0 saturated carbocycles. The summed E-state index contributed by atoms with van der Waals surface area (Å²) in [4.78, 5) is 26.4. The lowest BCUT2D eigenvalue weighted by molar-refractivity contribution is 0.0658. The number of benzene rings is 2. The first-order chi connectivity index (χ1) is 12.7. The SMILES string of the molecule is C=C(CCN1C(=O)c2ccccc2C1=O)c1cccc2c1CCCCC2. The molecule has 0 radical (unpaired) electrons. The fraction of sp³-hybridized carbons (Fsp3) is 0.304. The fourth-order valence-corrected chi connectivity index (χ4v) is 4.11. The fourth-order valence-electron chi connectivity index (χ4n) is 4.11. The molecule has 2 amide bonds. The van der Waals surface area contributed by atoms with Crippen LogP contribution in [0, 0.1) is 0 Å². The van der Waals surface area contributed by atoms with Crippen LogP contribution in [0.5, 0.6) is 0 Å². The van der Waals surface area contributed by atoms with Crippen LogP contribution in [0.3, 0.4) is 0 Å². The zero-order chi connectivity index (χ0) is 18.1. The van der Waals surface area contributed by atoms with E-state index in [1.807, 2.05) is 0 Å². The molecule has 2 aliphatic rings. The number of amides is 2. The molecule has 132 valence electrons. The van der Waals surface area contributed by atoms with Crippen molar-refractivity contribution in [3.8, 4) is 0 Å². The lowest BCUT2D eigenvalue weighted by Gasteiger charge is -2.18. The van der Waals surface area contributed by atoms with Gasteiger partial charge in [-0.05, 0) is 66.5 Å². The molecular formula is C23H23NO2. The van der Waals surface area contributed by atoms with Crippen molar-refractivity contribution in [1.82, 2.24) is 4.90 Å². The second-order valence-electron chi connectivity index (χ2n) is 7.16. The first kappa shape index (κ1) is 16.8. The molecule has 2 aromatic rings. The first-order valence-electron chi connectivity index (χ1n) is 9.41. The van der Waals surface area contributed by atoms with E-state index in [9.17, 15) is 9.59 Å². The molecule has 3 nitrogen and oxygen atoms in total. The third-order valence-electron chi connectivity index (χ3n) is 5.54. The Hall–Kier alpha value is -2.68. The molecule has 2 aromatic carbocycles. The zero-order valence-electron chi connectivity index (χ0n) is 15.0. The van der Waals surface area contributed by atoms with E-state index in [0.717, 1.165) is 18.4 Å². The molecule has 0 aromatic heterocycles. The van der Waals surface area contributed by atoms with Crippen molar-refractivity contribution < 1.29 is 9.59 Å². The maximum Gasteiger partial charge on any atom is 0.261 e. The van der Waals surface area contributed by atoms with E-state index in [1.54, 1.807) is 24.3 Å². The molecule has 0 saturated heterocycles. The summed E-state index contributed by atoms with van der Waals surface area (Å²) in [5, 5.41) is 0. The van der Waals surface area contributed by atoms with Gasteiger partial charge in [0.05, 0.1) is 11.1 Å². The standard InChI is InChI=1S/C23H23NO2/c1-16(18-13-7-9-17-8-3-2-4-10-19(17)18)14-15-24-22(25)20-11-5-6-12-21(20)23(24)26/h5-7,9,11-13H,1-4,8,10,14-15H2. The summed E-state index contributed by atoms with van der Waals surface area (Å²) in [7, 11) is 0. The molecule has 0 spiro atoms. The van der Waals surface area contributed by atoms with Gasteiger partial charge in [0.15, 0.2) is 0 Å². The van der Waals surface area contributed by atoms with E-state index in [1.165, 1.54) is 40.9 Å². The number of carbonyl (C=O) groups is 2. The van der Waals surface area contributed by atoms with Gasteiger partial charge >= 0.3 is 0 Å². The number of fused-ring (bicyclic) bond motifs is 2. The Morgan fingerprint density at radius 1 is 0.885 bits per heavy atom. The third-order valence-corrected chi connectivity index (χ3v) is 5.54. The molecular weight excluding hydrogens is 322 g/mol. The van der Waals surface area contributed by atoms with Gasteiger partial charge in [0.25, 0.3) is 11.8 Å². The van der Waals surface area contributed by atoms with E-state index in [0.29, 0.717) is 24.1 Å². The molecule has 0 bridgehead atoms. The monoisotopic (exact) mass is 345 g/mol. The number of rotatable bonds is 4. The van der Waals surface area contributed by atoms with Crippen molar-refractivity contribution in [2.45, 2.75) is 38.5 Å². The molecule has 26 heavy (non-hydrogen) atoms. The number of imide groups is 1. The quantitative estimate of drug-likeness (QED) is 0.597. The van der Waals surface area contributed by atoms with Crippen LogP contribution in [0.25, 0.3) is 5.57 Å².